The van der Waals surface area contributed by atoms with Gasteiger partial charge in [-0.1, -0.05) is 30.3 Å². The molecule has 2 aromatic carbocycles. The van der Waals surface area contributed by atoms with Gasteiger partial charge in [-0.25, -0.2) is 4.68 Å². The summed E-state index contributed by atoms with van der Waals surface area (Å²) in [6.45, 7) is 3.83. The van der Waals surface area contributed by atoms with Crippen LogP contribution in [0.25, 0.3) is 0 Å². The van der Waals surface area contributed by atoms with Crippen molar-refractivity contribution in [1.29, 1.82) is 0 Å². The van der Waals surface area contributed by atoms with Crippen LogP contribution >= 0.6 is 0 Å². The van der Waals surface area contributed by atoms with Gasteiger partial charge < -0.3 is 14.2 Å². The highest BCUT2D eigenvalue weighted by Crippen LogP contribution is 2.38. The van der Waals surface area contributed by atoms with Gasteiger partial charge in [0.2, 0.25) is 5.75 Å². The number of aryl methyl sites for hydroxylation is 1. The Balaban J connectivity index is 2.01. The summed E-state index contributed by atoms with van der Waals surface area (Å²) < 4.78 is 17.5. The van der Waals surface area contributed by atoms with Crippen LogP contribution in [0.1, 0.15) is 32.9 Å². The lowest BCUT2D eigenvalue weighted by atomic mass is 10.0. The Morgan fingerprint density at radius 1 is 0.964 bits per heavy atom. The lowest BCUT2D eigenvalue weighted by molar-refractivity contribution is 0.0941. The van der Waals surface area contributed by atoms with Crippen molar-refractivity contribution >= 4 is 5.91 Å². The first-order valence-electron chi connectivity index (χ1n) is 8.93. The highest BCUT2D eigenvalue weighted by molar-refractivity contribution is 5.97. The summed E-state index contributed by atoms with van der Waals surface area (Å²) in [4.78, 5) is 13.2. The Hall–Kier alpha value is -3.28. The summed E-state index contributed by atoms with van der Waals surface area (Å²) in [5.74, 6) is 1.05. The molecule has 0 saturated carbocycles. The molecule has 0 bridgehead atoms. The minimum Gasteiger partial charge on any atom is -0.493 e. The van der Waals surface area contributed by atoms with Crippen LogP contribution in [0, 0.1) is 13.8 Å². The van der Waals surface area contributed by atoms with Crippen molar-refractivity contribution in [2.24, 2.45) is 0 Å². The number of ether oxygens (including phenoxy) is 3. The van der Waals surface area contributed by atoms with E-state index >= 15 is 0 Å². The fraction of sp³-hybridized carbons (Fsp3) is 0.273. The van der Waals surface area contributed by atoms with E-state index in [0.717, 1.165) is 23.4 Å². The van der Waals surface area contributed by atoms with Crippen molar-refractivity contribution in [2.75, 3.05) is 21.3 Å². The van der Waals surface area contributed by atoms with Crippen LogP contribution in [-0.4, -0.2) is 37.0 Å². The van der Waals surface area contributed by atoms with Crippen molar-refractivity contribution < 1.29 is 19.0 Å². The molecule has 0 saturated heterocycles. The third-order valence-electron chi connectivity index (χ3n) is 4.77. The zero-order valence-corrected chi connectivity index (χ0v) is 16.8. The number of nitrogens with zero attached hydrogens (tertiary/aromatic N) is 2. The number of benzene rings is 2. The number of methoxy groups -OCH3 is 3. The van der Waals surface area contributed by atoms with Gasteiger partial charge in [-0.3, -0.25) is 4.79 Å². The molecule has 0 spiro atoms. The molecule has 146 valence electrons. The number of hydrogen-bond acceptors (Lipinski definition) is 5. The van der Waals surface area contributed by atoms with Gasteiger partial charge >= 0.3 is 0 Å². The number of carbonyl (C=O) groups is 1. The van der Waals surface area contributed by atoms with E-state index in [1.54, 1.807) is 12.1 Å². The standard InChI is InChI=1S/C22H24N2O4/c1-14-18(11-16-9-7-6-8-10-16)15(2)24(23-14)22(25)17-12-19(26-3)21(28-5)20(13-17)27-4/h6-10,12-13H,11H2,1-5H3. The molecule has 6 heteroatoms. The van der Waals surface area contributed by atoms with Gasteiger partial charge in [-0.05, 0) is 31.5 Å². The van der Waals surface area contributed by atoms with E-state index in [1.165, 1.54) is 31.6 Å². The molecule has 0 aliphatic carbocycles. The van der Waals surface area contributed by atoms with E-state index in [0.29, 0.717) is 22.8 Å². The van der Waals surface area contributed by atoms with Crippen LogP contribution in [-0.2, 0) is 6.42 Å². The van der Waals surface area contributed by atoms with Gasteiger partial charge in [0, 0.05) is 23.2 Å². The molecule has 0 radical (unpaired) electrons. The minimum atomic E-state index is -0.251. The normalized spacial score (nSPS) is 10.6. The molecule has 1 aromatic heterocycles. The lowest BCUT2D eigenvalue weighted by Gasteiger charge is -2.14. The highest BCUT2D eigenvalue weighted by Gasteiger charge is 2.22. The molecule has 3 aromatic rings. The van der Waals surface area contributed by atoms with E-state index in [-0.39, 0.29) is 5.91 Å². The maximum atomic E-state index is 13.2. The van der Waals surface area contributed by atoms with Gasteiger partial charge in [0.25, 0.3) is 5.91 Å². The summed E-state index contributed by atoms with van der Waals surface area (Å²) in [5.41, 5.74) is 4.29. The van der Waals surface area contributed by atoms with Gasteiger partial charge in [-0.15, -0.1) is 0 Å². The predicted molar refractivity (Wildman–Crippen MR) is 107 cm³/mol. The number of hydrogen-bond donors (Lipinski definition) is 0. The zero-order valence-electron chi connectivity index (χ0n) is 16.8. The maximum Gasteiger partial charge on any atom is 0.278 e. The highest BCUT2D eigenvalue weighted by atomic mass is 16.5. The Morgan fingerprint density at radius 2 is 1.57 bits per heavy atom. The summed E-state index contributed by atoms with van der Waals surface area (Å²) in [7, 11) is 4.57. The van der Waals surface area contributed by atoms with Gasteiger partial charge in [-0.2, -0.15) is 5.10 Å². The molecule has 0 amide bonds. The van der Waals surface area contributed by atoms with Crippen molar-refractivity contribution in [2.45, 2.75) is 20.3 Å². The second-order valence-corrected chi connectivity index (χ2v) is 6.44. The summed E-state index contributed by atoms with van der Waals surface area (Å²) >= 11 is 0. The number of rotatable bonds is 6. The SMILES string of the molecule is COc1cc(C(=O)n2nc(C)c(Cc3ccccc3)c2C)cc(OC)c1OC. The second-order valence-electron chi connectivity index (χ2n) is 6.44. The smallest absolute Gasteiger partial charge is 0.278 e. The van der Waals surface area contributed by atoms with E-state index in [9.17, 15) is 4.79 Å². The Labute approximate surface area is 164 Å². The minimum absolute atomic E-state index is 0.251. The molecular formula is C22H24N2O4. The van der Waals surface area contributed by atoms with Crippen LogP contribution in [0.15, 0.2) is 42.5 Å². The predicted octanol–water partition coefficient (Wildman–Crippen LogP) is 3.81. The molecule has 3 rings (SSSR count). The zero-order chi connectivity index (χ0) is 20.3. The van der Waals surface area contributed by atoms with E-state index < -0.39 is 0 Å². The van der Waals surface area contributed by atoms with Gasteiger partial charge in [0.1, 0.15) is 0 Å². The molecule has 0 N–H and O–H groups in total. The average molecular weight is 380 g/mol. The molecule has 6 nitrogen and oxygen atoms in total. The first-order valence-corrected chi connectivity index (χ1v) is 8.93. The van der Waals surface area contributed by atoms with Crippen molar-refractivity contribution in [1.82, 2.24) is 9.78 Å². The first kappa shape index (κ1) is 19.5. The fourth-order valence-electron chi connectivity index (χ4n) is 3.26. The van der Waals surface area contributed by atoms with Crippen LogP contribution < -0.4 is 14.2 Å². The molecule has 0 fully saturated rings. The second kappa shape index (κ2) is 8.17. The van der Waals surface area contributed by atoms with Gasteiger partial charge in [0.15, 0.2) is 11.5 Å². The van der Waals surface area contributed by atoms with Crippen molar-refractivity contribution in [3.05, 3.63) is 70.5 Å². The quantitative estimate of drug-likeness (QED) is 0.651. The molecule has 0 aliphatic rings. The van der Waals surface area contributed by atoms with Gasteiger partial charge in [0.05, 0.1) is 27.0 Å². The van der Waals surface area contributed by atoms with Crippen molar-refractivity contribution in [3.63, 3.8) is 0 Å². The Kier molecular flexibility index (Phi) is 5.68. The van der Waals surface area contributed by atoms with Crippen molar-refractivity contribution in [3.8, 4) is 17.2 Å². The third kappa shape index (κ3) is 3.58. The Bertz CT molecular complexity index is 968. The first-order chi connectivity index (χ1) is 13.5. The molecular weight excluding hydrogens is 356 g/mol. The molecule has 0 aliphatic heterocycles. The maximum absolute atomic E-state index is 13.2. The number of aromatic nitrogens is 2. The van der Waals surface area contributed by atoms with Crippen LogP contribution in [0.5, 0.6) is 17.2 Å². The fourth-order valence-corrected chi connectivity index (χ4v) is 3.26. The summed E-state index contributed by atoms with van der Waals surface area (Å²) in [6, 6.07) is 13.4. The molecule has 1 heterocycles. The lowest BCUT2D eigenvalue weighted by Crippen LogP contribution is -2.16. The van der Waals surface area contributed by atoms with Crippen LogP contribution in [0.3, 0.4) is 0 Å². The molecule has 0 atom stereocenters. The summed E-state index contributed by atoms with van der Waals surface area (Å²) in [6.07, 6.45) is 0.723. The molecule has 28 heavy (non-hydrogen) atoms. The largest absolute Gasteiger partial charge is 0.493 e. The number of carbonyl (C=O) groups excluding carboxylic acids is 1. The monoisotopic (exact) mass is 380 g/mol. The summed E-state index contributed by atoms with van der Waals surface area (Å²) in [5, 5.41) is 4.49. The van der Waals surface area contributed by atoms with Crippen LogP contribution in [0.4, 0.5) is 0 Å². The third-order valence-corrected chi connectivity index (χ3v) is 4.77. The van der Waals surface area contributed by atoms with Crippen LogP contribution in [0.2, 0.25) is 0 Å². The van der Waals surface area contributed by atoms with E-state index in [1.807, 2.05) is 32.0 Å². The van der Waals surface area contributed by atoms with E-state index in [2.05, 4.69) is 17.2 Å². The molecule has 0 unspecified atom stereocenters. The van der Waals surface area contributed by atoms with E-state index in [4.69, 9.17) is 14.2 Å². The topological polar surface area (TPSA) is 62.6 Å². The average Bonchev–Trinajstić information content (AvgIpc) is 3.01. The Morgan fingerprint density at radius 3 is 2.11 bits per heavy atom.